The molecule has 1 aliphatic heterocycles. The summed E-state index contributed by atoms with van der Waals surface area (Å²) in [7, 11) is 0. The highest BCUT2D eigenvalue weighted by molar-refractivity contribution is 5.65. The molecule has 4 heteroatoms. The number of rotatable bonds is 7. The van der Waals surface area contributed by atoms with Crippen molar-refractivity contribution in [3.05, 3.63) is 65.2 Å². The summed E-state index contributed by atoms with van der Waals surface area (Å²) in [6.45, 7) is 3.36. The number of hydrogen-bond donors (Lipinski definition) is 0. The van der Waals surface area contributed by atoms with Crippen molar-refractivity contribution in [2.75, 3.05) is 13.2 Å². The summed E-state index contributed by atoms with van der Waals surface area (Å²) in [5, 5.41) is 0. The van der Waals surface area contributed by atoms with E-state index >= 15 is 0 Å². The molecule has 0 spiro atoms. The molecule has 4 unspecified atom stereocenters. The standard InChI is InChI=1S/C26H28F2O2/c1-2-3-16-6-10-21-18(7-11-20(16)21)14-29-19-8-4-17(5-9-19)22-12-13-23(24-15-30-24)26(28)25(22)27/h4-5,7-9,12-13,16,20-21,24H,2-3,6,10-11,14-15H2,1H3. The number of hydrogen-bond acceptors (Lipinski definition) is 2. The Hall–Kier alpha value is -2.20. The lowest BCUT2D eigenvalue weighted by Crippen LogP contribution is -2.14. The monoisotopic (exact) mass is 410 g/mol. The van der Waals surface area contributed by atoms with Crippen LogP contribution in [0.4, 0.5) is 8.78 Å². The average Bonchev–Trinajstić information content (AvgIpc) is 3.40. The molecule has 1 saturated heterocycles. The van der Waals surface area contributed by atoms with Crippen LogP contribution in [0.15, 0.2) is 48.0 Å². The molecule has 1 saturated carbocycles. The van der Waals surface area contributed by atoms with E-state index in [2.05, 4.69) is 13.0 Å². The molecule has 4 atom stereocenters. The van der Waals surface area contributed by atoms with E-state index in [9.17, 15) is 8.78 Å². The lowest BCUT2D eigenvalue weighted by atomic mass is 9.87. The second-order valence-electron chi connectivity index (χ2n) is 8.88. The van der Waals surface area contributed by atoms with Crippen LogP contribution in [0.1, 0.15) is 50.7 Å². The van der Waals surface area contributed by atoms with Crippen molar-refractivity contribution in [2.45, 2.75) is 45.1 Å². The molecule has 158 valence electrons. The summed E-state index contributed by atoms with van der Waals surface area (Å²) in [6, 6.07) is 10.5. The Morgan fingerprint density at radius 1 is 1.03 bits per heavy atom. The minimum atomic E-state index is -0.818. The van der Waals surface area contributed by atoms with Gasteiger partial charge in [-0.05, 0) is 60.3 Å². The molecule has 30 heavy (non-hydrogen) atoms. The first kappa shape index (κ1) is 19.7. The fourth-order valence-electron chi connectivity index (χ4n) is 5.46. The van der Waals surface area contributed by atoms with Crippen LogP contribution in [0.25, 0.3) is 11.1 Å². The number of allylic oxidation sites excluding steroid dienone is 1. The van der Waals surface area contributed by atoms with E-state index < -0.39 is 11.6 Å². The van der Waals surface area contributed by atoms with Crippen molar-refractivity contribution in [3.8, 4) is 16.9 Å². The third-order valence-electron chi connectivity index (χ3n) is 7.12. The summed E-state index contributed by atoms with van der Waals surface area (Å²) in [6.07, 6.45) is 8.53. The predicted octanol–water partition coefficient (Wildman–Crippen LogP) is 6.85. The van der Waals surface area contributed by atoms with Gasteiger partial charge in [0, 0.05) is 11.1 Å². The number of epoxide rings is 1. The van der Waals surface area contributed by atoms with Crippen molar-refractivity contribution in [2.24, 2.45) is 17.8 Å². The van der Waals surface area contributed by atoms with Gasteiger partial charge in [0.05, 0.1) is 6.61 Å². The Balaban J connectivity index is 1.23. The molecule has 1 heterocycles. The number of benzene rings is 2. The first-order valence-corrected chi connectivity index (χ1v) is 11.2. The van der Waals surface area contributed by atoms with E-state index in [1.165, 1.54) is 37.7 Å². The van der Waals surface area contributed by atoms with E-state index in [1.54, 1.807) is 24.3 Å². The third kappa shape index (κ3) is 3.66. The maximum absolute atomic E-state index is 14.5. The smallest absolute Gasteiger partial charge is 0.167 e. The molecule has 0 aromatic heterocycles. The average molecular weight is 411 g/mol. The molecule has 0 N–H and O–H groups in total. The minimum absolute atomic E-state index is 0.262. The van der Waals surface area contributed by atoms with Crippen molar-refractivity contribution < 1.29 is 18.3 Å². The predicted molar refractivity (Wildman–Crippen MR) is 113 cm³/mol. The highest BCUT2D eigenvalue weighted by Crippen LogP contribution is 2.49. The summed E-state index contributed by atoms with van der Waals surface area (Å²) >= 11 is 0. The third-order valence-corrected chi connectivity index (χ3v) is 7.12. The summed E-state index contributed by atoms with van der Waals surface area (Å²) in [5.74, 6) is 1.51. The van der Waals surface area contributed by atoms with Crippen molar-refractivity contribution in [3.63, 3.8) is 0 Å². The summed E-state index contributed by atoms with van der Waals surface area (Å²) in [4.78, 5) is 0. The minimum Gasteiger partial charge on any atom is -0.489 e. The lowest BCUT2D eigenvalue weighted by Gasteiger charge is -2.19. The number of fused-ring (bicyclic) bond motifs is 1. The van der Waals surface area contributed by atoms with Crippen LogP contribution in [0.3, 0.4) is 0 Å². The van der Waals surface area contributed by atoms with Crippen molar-refractivity contribution >= 4 is 0 Å². The Morgan fingerprint density at radius 2 is 1.83 bits per heavy atom. The topological polar surface area (TPSA) is 21.8 Å². The normalized spacial score (nSPS) is 27.1. The summed E-state index contributed by atoms with van der Waals surface area (Å²) < 4.78 is 40.0. The van der Waals surface area contributed by atoms with Crippen LogP contribution in [0.2, 0.25) is 0 Å². The fraction of sp³-hybridized carbons (Fsp3) is 0.462. The second-order valence-corrected chi connectivity index (χ2v) is 8.88. The van der Waals surface area contributed by atoms with Gasteiger partial charge in [-0.3, -0.25) is 0 Å². The molecule has 2 nitrogen and oxygen atoms in total. The first-order chi connectivity index (χ1) is 14.7. The maximum Gasteiger partial charge on any atom is 0.167 e. The molecule has 0 amide bonds. The molecule has 0 radical (unpaired) electrons. The van der Waals surface area contributed by atoms with Crippen LogP contribution >= 0.6 is 0 Å². The lowest BCUT2D eigenvalue weighted by molar-refractivity contribution is 0.307. The molecule has 5 rings (SSSR count). The maximum atomic E-state index is 14.5. The van der Waals surface area contributed by atoms with Crippen LogP contribution in [-0.2, 0) is 4.74 Å². The number of ether oxygens (including phenoxy) is 2. The quantitative estimate of drug-likeness (QED) is 0.368. The van der Waals surface area contributed by atoms with Crippen LogP contribution in [0, 0.1) is 29.4 Å². The largest absolute Gasteiger partial charge is 0.489 e. The van der Waals surface area contributed by atoms with E-state index in [4.69, 9.17) is 9.47 Å². The van der Waals surface area contributed by atoms with Crippen LogP contribution < -0.4 is 4.74 Å². The van der Waals surface area contributed by atoms with E-state index in [-0.39, 0.29) is 11.7 Å². The highest BCUT2D eigenvalue weighted by atomic mass is 19.2. The highest BCUT2D eigenvalue weighted by Gasteiger charge is 2.40. The zero-order valence-corrected chi connectivity index (χ0v) is 17.4. The van der Waals surface area contributed by atoms with Crippen molar-refractivity contribution in [1.29, 1.82) is 0 Å². The van der Waals surface area contributed by atoms with Gasteiger partial charge in [-0.15, -0.1) is 0 Å². The molecule has 2 aliphatic carbocycles. The first-order valence-electron chi connectivity index (χ1n) is 11.2. The van der Waals surface area contributed by atoms with Gasteiger partial charge in [0.2, 0.25) is 0 Å². The van der Waals surface area contributed by atoms with E-state index in [0.717, 1.165) is 17.6 Å². The fourth-order valence-corrected chi connectivity index (χ4v) is 5.46. The van der Waals surface area contributed by atoms with Crippen molar-refractivity contribution in [1.82, 2.24) is 0 Å². The van der Waals surface area contributed by atoms with Gasteiger partial charge in [0.1, 0.15) is 18.5 Å². The molecular formula is C26H28F2O2. The second kappa shape index (κ2) is 8.14. The Morgan fingerprint density at radius 3 is 2.57 bits per heavy atom. The Bertz CT molecular complexity index is 946. The Labute approximate surface area is 176 Å². The van der Waals surface area contributed by atoms with Crippen LogP contribution in [0.5, 0.6) is 5.75 Å². The van der Waals surface area contributed by atoms with Gasteiger partial charge >= 0.3 is 0 Å². The Kier molecular flexibility index (Phi) is 5.36. The molecule has 2 fully saturated rings. The van der Waals surface area contributed by atoms with Gasteiger partial charge in [-0.25, -0.2) is 8.78 Å². The number of halogens is 2. The zero-order valence-electron chi connectivity index (χ0n) is 17.4. The van der Waals surface area contributed by atoms with Gasteiger partial charge in [0.15, 0.2) is 11.6 Å². The molecular weight excluding hydrogens is 382 g/mol. The van der Waals surface area contributed by atoms with Gasteiger partial charge in [-0.2, -0.15) is 0 Å². The van der Waals surface area contributed by atoms with Gasteiger partial charge < -0.3 is 9.47 Å². The molecule has 0 bridgehead atoms. The van der Waals surface area contributed by atoms with Gasteiger partial charge in [-0.1, -0.05) is 50.1 Å². The van der Waals surface area contributed by atoms with E-state index in [1.807, 2.05) is 12.1 Å². The molecule has 2 aromatic carbocycles. The van der Waals surface area contributed by atoms with Crippen LogP contribution in [-0.4, -0.2) is 13.2 Å². The zero-order chi connectivity index (χ0) is 20.7. The van der Waals surface area contributed by atoms with E-state index in [0.29, 0.717) is 30.3 Å². The van der Waals surface area contributed by atoms with Gasteiger partial charge in [0.25, 0.3) is 0 Å². The SMILES string of the molecule is CCCC1CCC2C(COc3ccc(-c4ccc(C5CO5)c(F)c4F)cc3)=CCC12. The summed E-state index contributed by atoms with van der Waals surface area (Å²) in [5.41, 5.74) is 2.64. The molecule has 2 aromatic rings. The molecule has 3 aliphatic rings.